The molecule has 2 aromatic carbocycles. The number of hydrogen-bond acceptors (Lipinski definition) is 7. The van der Waals surface area contributed by atoms with E-state index < -0.39 is 5.63 Å². The van der Waals surface area contributed by atoms with Crippen molar-refractivity contribution in [1.82, 2.24) is 4.90 Å². The highest BCUT2D eigenvalue weighted by atomic mass is 16.6. The number of carbonyl (C=O) groups excluding carboxylic acids is 1. The van der Waals surface area contributed by atoms with Crippen LogP contribution in [0.3, 0.4) is 0 Å². The summed E-state index contributed by atoms with van der Waals surface area (Å²) < 4.78 is 15.5. The molecule has 0 spiro atoms. The first kappa shape index (κ1) is 23.5. The number of aryl methyl sites for hydroxylation is 2. The number of hydrogen-bond donors (Lipinski definition) is 1. The van der Waals surface area contributed by atoms with Crippen LogP contribution in [0.25, 0.3) is 11.0 Å². The first-order valence-corrected chi connectivity index (χ1v) is 10.5. The number of fused-ring (bicyclic) bond motifs is 1. The fourth-order valence-electron chi connectivity index (χ4n) is 3.67. The smallest absolute Gasteiger partial charge is 0.336 e. The van der Waals surface area contributed by atoms with Gasteiger partial charge < -0.3 is 19.0 Å². The standard InChI is InChI=1S/C25H29NO6/c1-17-13-23(28)32-25-20(17)14-19(9-10-22(27)31-12-11-30-3)24(29)21(25)16-26(2)15-18-7-5-4-6-8-18/h4-8,13-14,29H,9-12,15-16H2,1-3H3. The Labute approximate surface area is 187 Å². The maximum atomic E-state index is 12.0. The summed E-state index contributed by atoms with van der Waals surface area (Å²) in [5, 5.41) is 11.8. The third kappa shape index (κ3) is 5.96. The minimum Gasteiger partial charge on any atom is -0.507 e. The van der Waals surface area contributed by atoms with Crippen LogP contribution in [0.2, 0.25) is 0 Å². The quantitative estimate of drug-likeness (QED) is 0.293. The number of ether oxygens (including phenoxy) is 2. The second-order valence-corrected chi connectivity index (χ2v) is 7.86. The Bertz CT molecular complexity index is 1120. The van der Waals surface area contributed by atoms with E-state index >= 15 is 0 Å². The average Bonchev–Trinajstić information content (AvgIpc) is 2.76. The van der Waals surface area contributed by atoms with Gasteiger partial charge in [0.2, 0.25) is 0 Å². The summed E-state index contributed by atoms with van der Waals surface area (Å²) in [6.45, 7) is 3.39. The van der Waals surface area contributed by atoms with Crippen molar-refractivity contribution in [2.45, 2.75) is 32.9 Å². The first-order chi connectivity index (χ1) is 15.4. The lowest BCUT2D eigenvalue weighted by Crippen LogP contribution is -2.18. The van der Waals surface area contributed by atoms with Crippen LogP contribution >= 0.6 is 0 Å². The minimum absolute atomic E-state index is 0.0378. The van der Waals surface area contributed by atoms with E-state index in [0.717, 1.165) is 16.5 Å². The molecule has 0 aliphatic rings. The predicted molar refractivity (Wildman–Crippen MR) is 122 cm³/mol. The van der Waals surface area contributed by atoms with Gasteiger partial charge in [-0.05, 0) is 43.1 Å². The molecule has 1 aromatic heterocycles. The van der Waals surface area contributed by atoms with Crippen molar-refractivity contribution in [3.63, 3.8) is 0 Å². The van der Waals surface area contributed by atoms with Crippen molar-refractivity contribution in [3.8, 4) is 5.75 Å². The molecule has 0 fully saturated rings. The summed E-state index contributed by atoms with van der Waals surface area (Å²) in [5.41, 5.74) is 2.94. The second kappa shape index (κ2) is 10.9. The zero-order chi connectivity index (χ0) is 23.1. The second-order valence-electron chi connectivity index (χ2n) is 7.86. The molecule has 1 N–H and O–H groups in total. The zero-order valence-electron chi connectivity index (χ0n) is 18.7. The van der Waals surface area contributed by atoms with Crippen molar-refractivity contribution >= 4 is 16.9 Å². The van der Waals surface area contributed by atoms with E-state index in [4.69, 9.17) is 13.9 Å². The molecule has 0 amide bonds. The van der Waals surface area contributed by atoms with Gasteiger partial charge in [-0.1, -0.05) is 30.3 Å². The Morgan fingerprint density at radius 2 is 1.88 bits per heavy atom. The summed E-state index contributed by atoms with van der Waals surface area (Å²) in [7, 11) is 3.48. The summed E-state index contributed by atoms with van der Waals surface area (Å²) in [4.78, 5) is 26.1. The fraction of sp³-hybridized carbons (Fsp3) is 0.360. The van der Waals surface area contributed by atoms with Crippen LogP contribution < -0.4 is 5.63 Å². The van der Waals surface area contributed by atoms with Crippen LogP contribution in [-0.2, 0) is 33.8 Å². The molecule has 3 rings (SSSR count). The number of carbonyl (C=O) groups is 1. The molecular weight excluding hydrogens is 410 g/mol. The van der Waals surface area contributed by atoms with E-state index in [1.165, 1.54) is 13.2 Å². The van der Waals surface area contributed by atoms with E-state index in [9.17, 15) is 14.7 Å². The third-order valence-corrected chi connectivity index (χ3v) is 5.26. The van der Waals surface area contributed by atoms with Gasteiger partial charge in [0.15, 0.2) is 0 Å². The van der Waals surface area contributed by atoms with E-state index in [1.807, 2.05) is 49.2 Å². The summed E-state index contributed by atoms with van der Waals surface area (Å²) in [6, 6.07) is 13.2. The molecule has 0 atom stereocenters. The average molecular weight is 440 g/mol. The Morgan fingerprint density at radius 1 is 1.12 bits per heavy atom. The van der Waals surface area contributed by atoms with Gasteiger partial charge in [0.25, 0.3) is 0 Å². The molecule has 170 valence electrons. The van der Waals surface area contributed by atoms with E-state index in [1.54, 1.807) is 6.07 Å². The molecular formula is C25H29NO6. The number of phenols is 1. The number of aromatic hydroxyl groups is 1. The largest absolute Gasteiger partial charge is 0.507 e. The van der Waals surface area contributed by atoms with Crippen LogP contribution in [0.4, 0.5) is 0 Å². The number of rotatable bonds is 10. The maximum absolute atomic E-state index is 12.0. The fourth-order valence-corrected chi connectivity index (χ4v) is 3.67. The Morgan fingerprint density at radius 3 is 2.59 bits per heavy atom. The minimum atomic E-state index is -0.462. The van der Waals surface area contributed by atoms with Gasteiger partial charge in [-0.15, -0.1) is 0 Å². The first-order valence-electron chi connectivity index (χ1n) is 10.5. The molecule has 3 aromatic rings. The Kier molecular flexibility index (Phi) is 8.03. The van der Waals surface area contributed by atoms with Crippen LogP contribution in [0, 0.1) is 6.92 Å². The lowest BCUT2D eigenvalue weighted by atomic mass is 9.98. The van der Waals surface area contributed by atoms with Gasteiger partial charge in [-0.25, -0.2) is 4.79 Å². The molecule has 7 nitrogen and oxygen atoms in total. The number of esters is 1. The molecule has 32 heavy (non-hydrogen) atoms. The van der Waals surface area contributed by atoms with E-state index in [0.29, 0.717) is 42.8 Å². The summed E-state index contributed by atoms with van der Waals surface area (Å²) in [6.07, 6.45) is 0.430. The van der Waals surface area contributed by atoms with E-state index in [-0.39, 0.29) is 24.7 Å². The van der Waals surface area contributed by atoms with Crippen molar-refractivity contribution in [3.05, 3.63) is 75.1 Å². The van der Waals surface area contributed by atoms with Gasteiger partial charge in [0, 0.05) is 38.1 Å². The summed E-state index contributed by atoms with van der Waals surface area (Å²) in [5.74, 6) is -0.323. The lowest BCUT2D eigenvalue weighted by molar-refractivity contribution is -0.144. The number of nitrogens with zero attached hydrogens (tertiary/aromatic N) is 1. The van der Waals surface area contributed by atoms with Crippen molar-refractivity contribution in [1.29, 1.82) is 0 Å². The predicted octanol–water partition coefficient (Wildman–Crippen LogP) is 3.56. The number of phenolic OH excluding ortho intramolecular Hbond substituents is 1. The zero-order valence-corrected chi connectivity index (χ0v) is 18.7. The Hall–Kier alpha value is -3.16. The highest BCUT2D eigenvalue weighted by molar-refractivity contribution is 5.86. The molecule has 1 heterocycles. The lowest BCUT2D eigenvalue weighted by Gasteiger charge is -2.20. The summed E-state index contributed by atoms with van der Waals surface area (Å²) >= 11 is 0. The van der Waals surface area contributed by atoms with Gasteiger partial charge in [0.1, 0.15) is 17.9 Å². The molecule has 0 radical (unpaired) electrons. The maximum Gasteiger partial charge on any atom is 0.336 e. The normalized spacial score (nSPS) is 11.2. The molecule has 0 aliphatic carbocycles. The van der Waals surface area contributed by atoms with Gasteiger partial charge in [-0.3, -0.25) is 9.69 Å². The van der Waals surface area contributed by atoms with Gasteiger partial charge >= 0.3 is 11.6 Å². The van der Waals surface area contributed by atoms with Crippen LogP contribution in [0.15, 0.2) is 51.7 Å². The Balaban J connectivity index is 1.89. The van der Waals surface area contributed by atoms with Crippen LogP contribution in [0.1, 0.15) is 28.7 Å². The van der Waals surface area contributed by atoms with Crippen LogP contribution in [-0.4, -0.2) is 43.3 Å². The molecule has 0 aliphatic heterocycles. The van der Waals surface area contributed by atoms with Crippen molar-refractivity contribution in [2.75, 3.05) is 27.4 Å². The van der Waals surface area contributed by atoms with Gasteiger partial charge in [0.05, 0.1) is 12.2 Å². The topological polar surface area (TPSA) is 89.2 Å². The SMILES string of the molecule is COCCOC(=O)CCc1cc2c(C)cc(=O)oc2c(CN(C)Cc2ccccc2)c1O. The molecule has 0 unspecified atom stereocenters. The van der Waals surface area contributed by atoms with Gasteiger partial charge in [-0.2, -0.15) is 0 Å². The molecule has 0 saturated heterocycles. The molecule has 7 heteroatoms. The highest BCUT2D eigenvalue weighted by Gasteiger charge is 2.19. The number of methoxy groups -OCH3 is 1. The van der Waals surface area contributed by atoms with Crippen LogP contribution in [0.5, 0.6) is 5.75 Å². The van der Waals surface area contributed by atoms with Crippen molar-refractivity contribution < 1.29 is 23.8 Å². The highest BCUT2D eigenvalue weighted by Crippen LogP contribution is 2.34. The molecule has 0 bridgehead atoms. The van der Waals surface area contributed by atoms with E-state index in [2.05, 4.69) is 0 Å². The molecule has 0 saturated carbocycles. The monoisotopic (exact) mass is 439 g/mol. The number of benzene rings is 2. The van der Waals surface area contributed by atoms with Crippen molar-refractivity contribution in [2.24, 2.45) is 0 Å². The third-order valence-electron chi connectivity index (χ3n) is 5.26.